The molecular weight excluding hydrogens is 488 g/mol. The van der Waals surface area contributed by atoms with Crippen molar-refractivity contribution < 1.29 is 19.0 Å². The van der Waals surface area contributed by atoms with E-state index in [9.17, 15) is 9.59 Å². The van der Waals surface area contributed by atoms with Crippen LogP contribution in [0.5, 0.6) is 11.5 Å². The number of carbonyl (C=O) groups excluding carboxylic acids is 1. The molecule has 0 fully saturated rings. The molecule has 2 aromatic carbocycles. The number of fused-ring (bicyclic) bond motifs is 1. The lowest BCUT2D eigenvalue weighted by Gasteiger charge is -2.23. The number of nitrogens with zero attached hydrogens (tertiary/aromatic N) is 2. The van der Waals surface area contributed by atoms with E-state index in [1.54, 1.807) is 13.8 Å². The van der Waals surface area contributed by atoms with Crippen LogP contribution in [0, 0.1) is 0 Å². The second-order valence-corrected chi connectivity index (χ2v) is 9.56. The number of carbonyl (C=O) groups is 1. The number of thiazole rings is 1. The molecule has 0 amide bonds. The highest BCUT2D eigenvalue weighted by molar-refractivity contribution is 7.07. The summed E-state index contributed by atoms with van der Waals surface area (Å²) in [5, 5.41) is 0. The van der Waals surface area contributed by atoms with Crippen LogP contribution < -0.4 is 24.4 Å². The zero-order chi connectivity index (χ0) is 26.4. The zero-order valence-corrected chi connectivity index (χ0v) is 22.5. The Morgan fingerprint density at radius 2 is 1.84 bits per heavy atom. The van der Waals surface area contributed by atoms with Gasteiger partial charge in [-0.25, -0.2) is 9.79 Å². The van der Waals surface area contributed by atoms with Gasteiger partial charge in [-0.1, -0.05) is 67.2 Å². The van der Waals surface area contributed by atoms with Crippen LogP contribution in [0.3, 0.4) is 0 Å². The SMILES string of the molecule is CCC/C=c1\sc2n(c1=O)C(C)=C(C(=O)OCC)[C@H](c1ccc(OCc3ccccc3)c(OCC)c1)N=2. The molecule has 8 heteroatoms. The molecule has 1 aliphatic heterocycles. The van der Waals surface area contributed by atoms with Crippen LogP contribution >= 0.6 is 11.3 Å². The van der Waals surface area contributed by atoms with E-state index in [1.807, 2.05) is 61.5 Å². The fourth-order valence-electron chi connectivity index (χ4n) is 4.19. The summed E-state index contributed by atoms with van der Waals surface area (Å²) >= 11 is 1.34. The molecule has 1 atom stereocenters. The van der Waals surface area contributed by atoms with E-state index in [-0.39, 0.29) is 12.2 Å². The molecule has 0 radical (unpaired) electrons. The Kier molecular flexibility index (Phi) is 8.61. The van der Waals surface area contributed by atoms with Gasteiger partial charge in [0.2, 0.25) is 0 Å². The third-order valence-electron chi connectivity index (χ3n) is 5.98. The van der Waals surface area contributed by atoms with Crippen molar-refractivity contribution in [1.29, 1.82) is 0 Å². The van der Waals surface area contributed by atoms with Crippen molar-refractivity contribution >= 4 is 29.1 Å². The molecule has 7 nitrogen and oxygen atoms in total. The molecular formula is C29H32N2O5S. The smallest absolute Gasteiger partial charge is 0.338 e. The molecule has 0 aliphatic carbocycles. The Morgan fingerprint density at radius 3 is 2.54 bits per heavy atom. The molecule has 0 spiro atoms. The molecule has 2 heterocycles. The van der Waals surface area contributed by atoms with Crippen molar-refractivity contribution in [2.45, 2.75) is 53.2 Å². The molecule has 3 aromatic rings. The van der Waals surface area contributed by atoms with E-state index < -0.39 is 12.0 Å². The number of allylic oxidation sites excluding steroid dienone is 1. The number of rotatable bonds is 10. The minimum atomic E-state index is -0.640. The molecule has 37 heavy (non-hydrogen) atoms. The number of hydrogen-bond acceptors (Lipinski definition) is 7. The van der Waals surface area contributed by atoms with E-state index in [1.165, 1.54) is 15.9 Å². The van der Waals surface area contributed by atoms with E-state index in [0.717, 1.165) is 24.0 Å². The van der Waals surface area contributed by atoms with Crippen molar-refractivity contribution in [2.75, 3.05) is 13.2 Å². The monoisotopic (exact) mass is 520 g/mol. The summed E-state index contributed by atoms with van der Waals surface area (Å²) in [6, 6.07) is 14.8. The van der Waals surface area contributed by atoms with Gasteiger partial charge in [-0.3, -0.25) is 9.36 Å². The third kappa shape index (κ3) is 5.69. The van der Waals surface area contributed by atoms with Gasteiger partial charge < -0.3 is 14.2 Å². The molecule has 0 saturated heterocycles. The van der Waals surface area contributed by atoms with Crippen LogP contribution in [-0.4, -0.2) is 23.8 Å². The molecule has 0 bridgehead atoms. The number of ether oxygens (including phenoxy) is 3. The van der Waals surface area contributed by atoms with Crippen molar-refractivity contribution in [3.63, 3.8) is 0 Å². The molecule has 4 rings (SSSR count). The van der Waals surface area contributed by atoms with Gasteiger partial charge in [-0.15, -0.1) is 0 Å². The fraction of sp³-hybridized carbons (Fsp3) is 0.345. The van der Waals surface area contributed by atoms with Gasteiger partial charge in [0.15, 0.2) is 16.3 Å². The molecule has 1 aliphatic rings. The molecule has 0 unspecified atom stereocenters. The summed E-state index contributed by atoms with van der Waals surface area (Å²) in [7, 11) is 0. The lowest BCUT2D eigenvalue weighted by molar-refractivity contribution is -0.138. The van der Waals surface area contributed by atoms with E-state index in [2.05, 4.69) is 6.92 Å². The average Bonchev–Trinajstić information content (AvgIpc) is 3.22. The average molecular weight is 521 g/mol. The summed E-state index contributed by atoms with van der Waals surface area (Å²) in [5.41, 5.74) is 2.52. The van der Waals surface area contributed by atoms with Gasteiger partial charge in [-0.05, 0) is 50.5 Å². The number of aromatic nitrogens is 1. The summed E-state index contributed by atoms with van der Waals surface area (Å²) < 4.78 is 19.5. The molecule has 0 N–H and O–H groups in total. The van der Waals surface area contributed by atoms with Crippen molar-refractivity contribution in [3.05, 3.63) is 84.9 Å². The second-order valence-electron chi connectivity index (χ2n) is 8.55. The molecule has 194 valence electrons. The summed E-state index contributed by atoms with van der Waals surface area (Å²) in [6.07, 6.45) is 3.68. The van der Waals surface area contributed by atoms with E-state index in [4.69, 9.17) is 19.2 Å². The van der Waals surface area contributed by atoms with Gasteiger partial charge >= 0.3 is 5.97 Å². The van der Waals surface area contributed by atoms with Crippen LogP contribution in [-0.2, 0) is 16.1 Å². The summed E-state index contributed by atoms with van der Waals surface area (Å²) in [6.45, 7) is 8.58. The number of unbranched alkanes of at least 4 members (excludes halogenated alkanes) is 1. The lowest BCUT2D eigenvalue weighted by atomic mass is 9.96. The van der Waals surface area contributed by atoms with Gasteiger partial charge in [0.25, 0.3) is 5.56 Å². The van der Waals surface area contributed by atoms with Crippen LogP contribution in [0.15, 0.2) is 63.9 Å². The maximum absolute atomic E-state index is 13.1. The maximum atomic E-state index is 13.1. The Balaban J connectivity index is 1.79. The van der Waals surface area contributed by atoms with Crippen molar-refractivity contribution in [3.8, 4) is 11.5 Å². The first kappa shape index (κ1) is 26.4. The van der Waals surface area contributed by atoms with Crippen molar-refractivity contribution in [1.82, 2.24) is 4.57 Å². The first-order valence-electron chi connectivity index (χ1n) is 12.6. The van der Waals surface area contributed by atoms with Crippen LogP contribution in [0.2, 0.25) is 0 Å². The second kappa shape index (κ2) is 12.1. The lowest BCUT2D eigenvalue weighted by Crippen LogP contribution is -2.35. The normalized spacial score (nSPS) is 15.2. The van der Waals surface area contributed by atoms with Gasteiger partial charge in [0, 0.05) is 5.70 Å². The largest absolute Gasteiger partial charge is 0.490 e. The number of esters is 1. The number of benzene rings is 2. The first-order valence-corrected chi connectivity index (χ1v) is 13.4. The highest BCUT2D eigenvalue weighted by atomic mass is 32.1. The Bertz CT molecular complexity index is 1470. The van der Waals surface area contributed by atoms with Gasteiger partial charge in [0.05, 0.1) is 23.3 Å². The van der Waals surface area contributed by atoms with E-state index >= 15 is 0 Å². The van der Waals surface area contributed by atoms with E-state index in [0.29, 0.717) is 45.3 Å². The van der Waals surface area contributed by atoms with Crippen LogP contribution in [0.1, 0.15) is 57.7 Å². The van der Waals surface area contributed by atoms with Crippen LogP contribution in [0.25, 0.3) is 11.8 Å². The summed E-state index contributed by atoms with van der Waals surface area (Å²) in [5.74, 6) is 0.685. The zero-order valence-electron chi connectivity index (χ0n) is 21.7. The van der Waals surface area contributed by atoms with Gasteiger partial charge in [0.1, 0.15) is 12.6 Å². The minimum Gasteiger partial charge on any atom is -0.490 e. The fourth-order valence-corrected chi connectivity index (χ4v) is 5.23. The minimum absolute atomic E-state index is 0.158. The first-order chi connectivity index (χ1) is 18.0. The molecule has 0 saturated carbocycles. The van der Waals surface area contributed by atoms with Crippen molar-refractivity contribution in [2.24, 2.45) is 4.99 Å². The standard InChI is InChI=1S/C29H32N2O5S/c1-5-8-14-24-27(32)31-19(4)25(28(33)35-7-3)26(30-29(31)37-24)21-15-16-22(23(17-21)34-6-2)36-18-20-12-10-9-11-13-20/h9-17,26H,5-8,18H2,1-4H3/b24-14-/t26-/m0/s1. The van der Waals surface area contributed by atoms with Crippen LogP contribution in [0.4, 0.5) is 0 Å². The quantitative estimate of drug-likeness (QED) is 0.364. The predicted octanol–water partition coefficient (Wildman–Crippen LogP) is 4.64. The topological polar surface area (TPSA) is 79.1 Å². The highest BCUT2D eigenvalue weighted by Crippen LogP contribution is 2.37. The van der Waals surface area contributed by atoms with Gasteiger partial charge in [-0.2, -0.15) is 0 Å². The Morgan fingerprint density at radius 1 is 1.05 bits per heavy atom. The Hall–Kier alpha value is -3.65. The highest BCUT2D eigenvalue weighted by Gasteiger charge is 2.32. The summed E-state index contributed by atoms with van der Waals surface area (Å²) in [4.78, 5) is 31.7. The maximum Gasteiger partial charge on any atom is 0.338 e. The predicted molar refractivity (Wildman–Crippen MR) is 145 cm³/mol. The molecule has 1 aromatic heterocycles. The third-order valence-corrected chi connectivity index (χ3v) is 7.01. The Labute approximate surface area is 220 Å². The number of hydrogen-bond donors (Lipinski definition) is 0.